The maximum Gasteiger partial charge on any atom is 0.125 e. The Morgan fingerprint density at radius 1 is 1.73 bits per heavy atom. The molecule has 1 heterocycles. The van der Waals surface area contributed by atoms with Crippen LogP contribution < -0.4 is 0 Å². The fraction of sp³-hybridized carbons (Fsp3) is 0.250. The summed E-state index contributed by atoms with van der Waals surface area (Å²) in [4.78, 5) is 7.91. The first-order valence-electron chi connectivity index (χ1n) is 3.34. The number of aliphatic hydroxyl groups excluding tert-OH is 1. The van der Waals surface area contributed by atoms with E-state index in [1.165, 1.54) is 6.08 Å². The second kappa shape index (κ2) is 3.25. The Labute approximate surface area is 65.4 Å². The van der Waals surface area contributed by atoms with Crippen molar-refractivity contribution in [3.63, 3.8) is 0 Å². The van der Waals surface area contributed by atoms with E-state index >= 15 is 0 Å². The molecule has 0 aliphatic heterocycles. The van der Waals surface area contributed by atoms with Crippen molar-refractivity contribution in [2.75, 3.05) is 0 Å². The molecule has 1 rings (SSSR count). The zero-order valence-corrected chi connectivity index (χ0v) is 6.36. The highest BCUT2D eigenvalue weighted by molar-refractivity contribution is 5.09. The summed E-state index contributed by atoms with van der Waals surface area (Å²) in [6, 6.07) is 1.67. The van der Waals surface area contributed by atoms with Crippen LogP contribution in [0.5, 0.6) is 0 Å². The van der Waals surface area contributed by atoms with Gasteiger partial charge in [-0.15, -0.1) is 6.58 Å². The monoisotopic (exact) mass is 150 g/mol. The van der Waals surface area contributed by atoms with E-state index in [0.29, 0.717) is 11.5 Å². The van der Waals surface area contributed by atoms with E-state index in [2.05, 4.69) is 16.5 Å². The molecule has 1 unspecified atom stereocenters. The molecular weight excluding hydrogens is 140 g/mol. The number of nitrogens with zero attached hydrogens (tertiary/aromatic N) is 2. The fourth-order valence-corrected chi connectivity index (χ4v) is 0.760. The lowest BCUT2D eigenvalue weighted by Gasteiger charge is -2.03. The molecule has 1 aromatic heterocycles. The normalized spacial score (nSPS) is 12.5. The largest absolute Gasteiger partial charge is 0.383 e. The van der Waals surface area contributed by atoms with Gasteiger partial charge in [-0.1, -0.05) is 6.08 Å². The minimum Gasteiger partial charge on any atom is -0.383 e. The first-order chi connectivity index (χ1) is 5.24. The van der Waals surface area contributed by atoms with Crippen LogP contribution in [0, 0.1) is 6.92 Å². The maximum absolute atomic E-state index is 9.25. The van der Waals surface area contributed by atoms with E-state index in [-0.39, 0.29) is 0 Å². The number of hydrogen-bond acceptors (Lipinski definition) is 3. The van der Waals surface area contributed by atoms with Gasteiger partial charge < -0.3 is 5.11 Å². The molecule has 0 spiro atoms. The van der Waals surface area contributed by atoms with Gasteiger partial charge in [0, 0.05) is 6.20 Å². The Bertz CT molecular complexity index is 260. The van der Waals surface area contributed by atoms with Crippen molar-refractivity contribution in [2.45, 2.75) is 13.0 Å². The SMILES string of the molecule is C=CC(O)c1ccnc(C)n1. The molecule has 3 heteroatoms. The second-order valence-electron chi connectivity index (χ2n) is 2.21. The first kappa shape index (κ1) is 7.88. The predicted octanol–water partition coefficient (Wildman–Crippen LogP) is 1.00. The average molecular weight is 150 g/mol. The molecule has 1 N–H and O–H groups in total. The molecule has 0 saturated heterocycles. The van der Waals surface area contributed by atoms with Gasteiger partial charge in [-0.25, -0.2) is 9.97 Å². The van der Waals surface area contributed by atoms with Crippen molar-refractivity contribution in [2.24, 2.45) is 0 Å². The summed E-state index contributed by atoms with van der Waals surface area (Å²) < 4.78 is 0. The third-order valence-corrected chi connectivity index (χ3v) is 1.32. The fourth-order valence-electron chi connectivity index (χ4n) is 0.760. The molecule has 0 saturated carbocycles. The summed E-state index contributed by atoms with van der Waals surface area (Å²) in [5.41, 5.74) is 0.590. The Kier molecular flexibility index (Phi) is 2.33. The zero-order valence-electron chi connectivity index (χ0n) is 6.36. The molecule has 58 valence electrons. The lowest BCUT2D eigenvalue weighted by molar-refractivity contribution is 0.223. The van der Waals surface area contributed by atoms with E-state index in [0.717, 1.165) is 0 Å². The van der Waals surface area contributed by atoms with Gasteiger partial charge in [0.25, 0.3) is 0 Å². The van der Waals surface area contributed by atoms with E-state index < -0.39 is 6.10 Å². The van der Waals surface area contributed by atoms with Gasteiger partial charge in [0.2, 0.25) is 0 Å². The van der Waals surface area contributed by atoms with Gasteiger partial charge in [0.15, 0.2) is 0 Å². The second-order valence-corrected chi connectivity index (χ2v) is 2.21. The van der Waals surface area contributed by atoms with E-state index in [1.807, 2.05) is 0 Å². The topological polar surface area (TPSA) is 46.0 Å². The van der Waals surface area contributed by atoms with Crippen LogP contribution in [0.1, 0.15) is 17.6 Å². The van der Waals surface area contributed by atoms with Gasteiger partial charge >= 0.3 is 0 Å². The molecule has 0 aromatic carbocycles. The minimum atomic E-state index is -0.684. The number of aryl methyl sites for hydroxylation is 1. The van der Waals surface area contributed by atoms with Crippen LogP contribution in [-0.4, -0.2) is 15.1 Å². The predicted molar refractivity (Wildman–Crippen MR) is 41.9 cm³/mol. The molecule has 0 bridgehead atoms. The molecule has 11 heavy (non-hydrogen) atoms. The van der Waals surface area contributed by atoms with E-state index in [9.17, 15) is 5.11 Å². The van der Waals surface area contributed by atoms with Gasteiger partial charge in [0.1, 0.15) is 11.9 Å². The van der Waals surface area contributed by atoms with Gasteiger partial charge in [0.05, 0.1) is 5.69 Å². The maximum atomic E-state index is 9.25. The molecule has 0 aliphatic rings. The first-order valence-corrected chi connectivity index (χ1v) is 3.34. The third kappa shape index (κ3) is 1.85. The standard InChI is InChI=1S/C8H10N2O/c1-3-8(11)7-4-5-9-6(2)10-7/h3-5,8,11H,1H2,2H3. The van der Waals surface area contributed by atoms with Crippen LogP contribution in [0.25, 0.3) is 0 Å². The summed E-state index contributed by atoms with van der Waals surface area (Å²) in [7, 11) is 0. The van der Waals surface area contributed by atoms with Gasteiger partial charge in [-0.05, 0) is 13.0 Å². The van der Waals surface area contributed by atoms with Crippen LogP contribution in [0.15, 0.2) is 24.9 Å². The molecule has 3 nitrogen and oxygen atoms in total. The minimum absolute atomic E-state index is 0.590. The lowest BCUT2D eigenvalue weighted by atomic mass is 10.2. The molecule has 1 aromatic rings. The van der Waals surface area contributed by atoms with E-state index in [1.54, 1.807) is 19.2 Å². The quantitative estimate of drug-likeness (QED) is 0.640. The Hall–Kier alpha value is -1.22. The summed E-state index contributed by atoms with van der Waals surface area (Å²) >= 11 is 0. The number of hydrogen-bond donors (Lipinski definition) is 1. The Morgan fingerprint density at radius 3 is 3.00 bits per heavy atom. The highest BCUT2D eigenvalue weighted by Gasteiger charge is 2.02. The Morgan fingerprint density at radius 2 is 2.45 bits per heavy atom. The number of rotatable bonds is 2. The van der Waals surface area contributed by atoms with Crippen LogP contribution in [0.3, 0.4) is 0 Å². The lowest BCUT2D eigenvalue weighted by Crippen LogP contribution is -1.98. The molecule has 0 aliphatic carbocycles. The van der Waals surface area contributed by atoms with Crippen LogP contribution in [-0.2, 0) is 0 Å². The molecule has 0 fully saturated rings. The smallest absolute Gasteiger partial charge is 0.125 e. The number of aliphatic hydroxyl groups is 1. The van der Waals surface area contributed by atoms with E-state index in [4.69, 9.17) is 0 Å². The van der Waals surface area contributed by atoms with Gasteiger partial charge in [-0.3, -0.25) is 0 Å². The molecular formula is C8H10N2O. The van der Waals surface area contributed by atoms with Crippen molar-refractivity contribution in [3.05, 3.63) is 36.4 Å². The highest BCUT2D eigenvalue weighted by Crippen LogP contribution is 2.08. The molecule has 0 radical (unpaired) electrons. The van der Waals surface area contributed by atoms with Crippen LogP contribution >= 0.6 is 0 Å². The van der Waals surface area contributed by atoms with Crippen molar-refractivity contribution in [1.82, 2.24) is 9.97 Å². The van der Waals surface area contributed by atoms with Crippen molar-refractivity contribution in [1.29, 1.82) is 0 Å². The third-order valence-electron chi connectivity index (χ3n) is 1.32. The summed E-state index contributed by atoms with van der Waals surface area (Å²) in [6.07, 6.45) is 2.36. The molecule has 0 amide bonds. The summed E-state index contributed by atoms with van der Waals surface area (Å²) in [6.45, 7) is 5.23. The summed E-state index contributed by atoms with van der Waals surface area (Å²) in [5.74, 6) is 0.656. The van der Waals surface area contributed by atoms with Crippen molar-refractivity contribution < 1.29 is 5.11 Å². The van der Waals surface area contributed by atoms with Crippen molar-refractivity contribution in [3.8, 4) is 0 Å². The average Bonchev–Trinajstić information content (AvgIpc) is 2.03. The highest BCUT2D eigenvalue weighted by atomic mass is 16.3. The van der Waals surface area contributed by atoms with Crippen LogP contribution in [0.2, 0.25) is 0 Å². The number of aromatic nitrogens is 2. The van der Waals surface area contributed by atoms with Crippen LogP contribution in [0.4, 0.5) is 0 Å². The van der Waals surface area contributed by atoms with Gasteiger partial charge in [-0.2, -0.15) is 0 Å². The zero-order chi connectivity index (χ0) is 8.27. The Balaban J connectivity index is 2.95. The molecule has 1 atom stereocenters. The summed E-state index contributed by atoms with van der Waals surface area (Å²) in [5, 5.41) is 9.25. The van der Waals surface area contributed by atoms with Crippen molar-refractivity contribution >= 4 is 0 Å².